The number of benzene rings is 1. The van der Waals surface area contributed by atoms with Crippen LogP contribution in [0.5, 0.6) is 5.75 Å². The first-order chi connectivity index (χ1) is 12.5. The minimum Gasteiger partial charge on any atom is -0.494 e. The molecule has 0 N–H and O–H groups in total. The number of methoxy groups -OCH3 is 1. The highest BCUT2D eigenvalue weighted by Gasteiger charge is 2.32. The lowest BCUT2D eigenvalue weighted by Crippen LogP contribution is -2.51. The van der Waals surface area contributed by atoms with Crippen molar-refractivity contribution < 1.29 is 18.7 Å². The number of hydrogen-bond acceptors (Lipinski definition) is 4. The number of amides is 1. The third-order valence-corrected chi connectivity index (χ3v) is 5.29. The van der Waals surface area contributed by atoms with Crippen LogP contribution >= 0.6 is 0 Å². The SMILES string of the molecule is COc1ccc(CN2CCC(C(=O)N3CC(C)OC(C)C3)CC2)cc1F. The van der Waals surface area contributed by atoms with E-state index in [0.717, 1.165) is 31.5 Å². The highest BCUT2D eigenvalue weighted by atomic mass is 19.1. The molecule has 2 saturated heterocycles. The second kappa shape index (κ2) is 8.35. The number of likely N-dealkylation sites (tertiary alicyclic amines) is 1. The van der Waals surface area contributed by atoms with Crippen molar-refractivity contribution in [2.24, 2.45) is 5.92 Å². The van der Waals surface area contributed by atoms with E-state index in [1.54, 1.807) is 6.07 Å². The van der Waals surface area contributed by atoms with Gasteiger partial charge in [0, 0.05) is 25.6 Å². The number of carbonyl (C=O) groups is 1. The van der Waals surface area contributed by atoms with Crippen molar-refractivity contribution in [1.82, 2.24) is 9.80 Å². The molecule has 144 valence electrons. The molecule has 0 bridgehead atoms. The van der Waals surface area contributed by atoms with Gasteiger partial charge in [0.25, 0.3) is 0 Å². The van der Waals surface area contributed by atoms with Gasteiger partial charge in [0.15, 0.2) is 11.6 Å². The Morgan fingerprint density at radius 3 is 2.46 bits per heavy atom. The molecule has 6 heteroatoms. The van der Waals surface area contributed by atoms with Crippen LogP contribution in [-0.2, 0) is 16.1 Å². The van der Waals surface area contributed by atoms with Gasteiger partial charge in [-0.05, 0) is 57.5 Å². The van der Waals surface area contributed by atoms with Gasteiger partial charge in [0.05, 0.1) is 19.3 Å². The first-order valence-electron chi connectivity index (χ1n) is 9.45. The highest BCUT2D eigenvalue weighted by molar-refractivity contribution is 5.79. The van der Waals surface area contributed by atoms with Gasteiger partial charge in [0.1, 0.15) is 0 Å². The Balaban J connectivity index is 1.51. The molecule has 1 aromatic carbocycles. The number of hydrogen-bond donors (Lipinski definition) is 0. The Bertz CT molecular complexity index is 621. The molecule has 0 saturated carbocycles. The van der Waals surface area contributed by atoms with Crippen LogP contribution in [0.4, 0.5) is 4.39 Å². The van der Waals surface area contributed by atoms with Crippen molar-refractivity contribution >= 4 is 5.91 Å². The normalized spacial score (nSPS) is 25.3. The number of nitrogens with zero attached hydrogens (tertiary/aromatic N) is 2. The van der Waals surface area contributed by atoms with E-state index in [-0.39, 0.29) is 35.6 Å². The fraction of sp³-hybridized carbons (Fsp3) is 0.650. The summed E-state index contributed by atoms with van der Waals surface area (Å²) >= 11 is 0. The third kappa shape index (κ3) is 4.54. The predicted octanol–water partition coefficient (Wildman–Crippen LogP) is 2.68. The number of carbonyl (C=O) groups excluding carboxylic acids is 1. The Labute approximate surface area is 155 Å². The molecule has 1 amide bonds. The van der Waals surface area contributed by atoms with Gasteiger partial charge < -0.3 is 14.4 Å². The number of piperidine rings is 1. The number of rotatable bonds is 4. The Morgan fingerprint density at radius 1 is 1.23 bits per heavy atom. The molecular weight excluding hydrogens is 335 g/mol. The van der Waals surface area contributed by atoms with Crippen LogP contribution in [0.2, 0.25) is 0 Å². The van der Waals surface area contributed by atoms with Gasteiger partial charge in [-0.25, -0.2) is 4.39 Å². The first-order valence-corrected chi connectivity index (χ1v) is 9.45. The fourth-order valence-electron chi connectivity index (χ4n) is 4.02. The van der Waals surface area contributed by atoms with Gasteiger partial charge >= 0.3 is 0 Å². The van der Waals surface area contributed by atoms with E-state index in [9.17, 15) is 9.18 Å². The molecule has 26 heavy (non-hydrogen) atoms. The third-order valence-electron chi connectivity index (χ3n) is 5.29. The zero-order valence-electron chi connectivity index (χ0n) is 15.9. The molecule has 0 radical (unpaired) electrons. The van der Waals surface area contributed by atoms with Crippen molar-refractivity contribution in [3.05, 3.63) is 29.6 Å². The molecule has 2 heterocycles. The number of halogens is 1. The van der Waals surface area contributed by atoms with Crippen molar-refractivity contribution in [1.29, 1.82) is 0 Å². The summed E-state index contributed by atoms with van der Waals surface area (Å²) in [6.07, 6.45) is 1.93. The maximum Gasteiger partial charge on any atom is 0.225 e. The molecule has 2 unspecified atom stereocenters. The van der Waals surface area contributed by atoms with Crippen LogP contribution in [-0.4, -0.2) is 61.2 Å². The van der Waals surface area contributed by atoms with Crippen molar-refractivity contribution in [2.75, 3.05) is 33.3 Å². The van der Waals surface area contributed by atoms with E-state index in [1.807, 2.05) is 24.8 Å². The van der Waals surface area contributed by atoms with E-state index < -0.39 is 0 Å². The maximum atomic E-state index is 13.8. The minimum atomic E-state index is -0.328. The van der Waals surface area contributed by atoms with Gasteiger partial charge in [-0.1, -0.05) is 6.07 Å². The lowest BCUT2D eigenvalue weighted by molar-refractivity contribution is -0.148. The topological polar surface area (TPSA) is 42.0 Å². The molecule has 0 aliphatic carbocycles. The molecule has 2 aliphatic rings. The molecule has 2 aliphatic heterocycles. The average Bonchev–Trinajstić information content (AvgIpc) is 2.61. The van der Waals surface area contributed by atoms with Crippen LogP contribution in [0.1, 0.15) is 32.3 Å². The summed E-state index contributed by atoms with van der Waals surface area (Å²) in [6, 6.07) is 5.10. The van der Waals surface area contributed by atoms with Gasteiger partial charge in [-0.15, -0.1) is 0 Å². The molecule has 0 aromatic heterocycles. The highest BCUT2D eigenvalue weighted by Crippen LogP contribution is 2.24. The summed E-state index contributed by atoms with van der Waals surface area (Å²) in [6.45, 7) is 7.84. The van der Waals surface area contributed by atoms with Crippen molar-refractivity contribution in [3.8, 4) is 5.75 Å². The second-order valence-electron chi connectivity index (χ2n) is 7.52. The number of morpholine rings is 1. The summed E-state index contributed by atoms with van der Waals surface area (Å²) in [4.78, 5) is 17.1. The van der Waals surface area contributed by atoms with E-state index in [4.69, 9.17) is 9.47 Å². The average molecular weight is 364 g/mol. The van der Waals surface area contributed by atoms with Crippen LogP contribution in [0.15, 0.2) is 18.2 Å². The fourth-order valence-corrected chi connectivity index (χ4v) is 4.02. The monoisotopic (exact) mass is 364 g/mol. The quantitative estimate of drug-likeness (QED) is 0.824. The predicted molar refractivity (Wildman–Crippen MR) is 97.5 cm³/mol. The Morgan fingerprint density at radius 2 is 1.88 bits per heavy atom. The minimum absolute atomic E-state index is 0.0938. The molecule has 2 fully saturated rings. The van der Waals surface area contributed by atoms with Crippen LogP contribution < -0.4 is 4.74 Å². The van der Waals surface area contributed by atoms with Crippen molar-refractivity contribution in [2.45, 2.75) is 45.4 Å². The molecule has 5 nitrogen and oxygen atoms in total. The van der Waals surface area contributed by atoms with Crippen LogP contribution in [0, 0.1) is 11.7 Å². The Kier molecular flexibility index (Phi) is 6.14. The molecule has 0 spiro atoms. The molecular formula is C20H29FN2O3. The summed E-state index contributed by atoms with van der Waals surface area (Å²) in [5, 5.41) is 0. The number of ether oxygens (including phenoxy) is 2. The van der Waals surface area contributed by atoms with E-state index in [1.165, 1.54) is 13.2 Å². The first kappa shape index (κ1) is 19.1. The van der Waals surface area contributed by atoms with Gasteiger partial charge in [-0.3, -0.25) is 9.69 Å². The molecule has 3 rings (SSSR count). The van der Waals surface area contributed by atoms with Gasteiger partial charge in [-0.2, -0.15) is 0 Å². The lowest BCUT2D eigenvalue weighted by Gasteiger charge is -2.39. The zero-order valence-corrected chi connectivity index (χ0v) is 15.9. The van der Waals surface area contributed by atoms with Gasteiger partial charge in [0.2, 0.25) is 5.91 Å². The maximum absolute atomic E-state index is 13.8. The summed E-state index contributed by atoms with van der Waals surface area (Å²) < 4.78 is 24.5. The Hall–Kier alpha value is -1.66. The van der Waals surface area contributed by atoms with Crippen molar-refractivity contribution in [3.63, 3.8) is 0 Å². The summed E-state index contributed by atoms with van der Waals surface area (Å²) in [5.41, 5.74) is 0.934. The zero-order chi connectivity index (χ0) is 18.7. The van der Waals surface area contributed by atoms with E-state index in [0.29, 0.717) is 19.6 Å². The van der Waals surface area contributed by atoms with E-state index in [2.05, 4.69) is 4.90 Å². The molecule has 1 aromatic rings. The second-order valence-corrected chi connectivity index (χ2v) is 7.52. The van der Waals surface area contributed by atoms with Crippen LogP contribution in [0.3, 0.4) is 0 Å². The molecule has 2 atom stereocenters. The smallest absolute Gasteiger partial charge is 0.225 e. The standard InChI is InChI=1S/C20H29FN2O3/c1-14-11-23(12-15(2)26-14)20(24)17-6-8-22(9-7-17)13-16-4-5-19(25-3)18(21)10-16/h4-5,10,14-15,17H,6-9,11-13H2,1-3H3. The van der Waals surface area contributed by atoms with E-state index >= 15 is 0 Å². The summed E-state index contributed by atoms with van der Waals surface area (Å²) in [7, 11) is 1.47. The lowest BCUT2D eigenvalue weighted by atomic mass is 9.94. The summed E-state index contributed by atoms with van der Waals surface area (Å²) in [5.74, 6) is 0.302. The van der Waals surface area contributed by atoms with Crippen LogP contribution in [0.25, 0.3) is 0 Å². The largest absolute Gasteiger partial charge is 0.494 e.